The van der Waals surface area contributed by atoms with Crippen LogP contribution in [-0.4, -0.2) is 11.0 Å². The van der Waals surface area contributed by atoms with Crippen LogP contribution in [0, 0.1) is 0 Å². The summed E-state index contributed by atoms with van der Waals surface area (Å²) in [7, 11) is 0. The largest absolute Gasteiger partial charge is 0.332 e. The van der Waals surface area contributed by atoms with Crippen LogP contribution in [0.1, 0.15) is 6.92 Å². The Hall–Kier alpha value is -1.82. The minimum atomic E-state index is -0.115. The lowest BCUT2D eigenvalue weighted by atomic mass is 10.3. The quantitative estimate of drug-likeness (QED) is 0.696. The molecule has 0 aromatic heterocycles. The predicted molar refractivity (Wildman–Crippen MR) is 97.1 cm³/mol. The lowest BCUT2D eigenvalue weighted by molar-refractivity contribution is -0.114. The van der Waals surface area contributed by atoms with Crippen molar-refractivity contribution < 1.29 is 4.79 Å². The summed E-state index contributed by atoms with van der Waals surface area (Å²) in [5.41, 5.74) is 2.17. The van der Waals surface area contributed by atoms with Crippen LogP contribution in [0.2, 0.25) is 10.0 Å². The summed E-state index contributed by atoms with van der Waals surface area (Å²) >= 11 is 17.1. The van der Waals surface area contributed by atoms with Gasteiger partial charge in [-0.1, -0.05) is 23.2 Å². The van der Waals surface area contributed by atoms with Crippen LogP contribution < -0.4 is 16.0 Å². The lowest BCUT2D eigenvalue weighted by Gasteiger charge is -2.12. The highest BCUT2D eigenvalue weighted by atomic mass is 35.5. The Balaban J connectivity index is 1.98. The molecule has 3 N–H and O–H groups in total. The van der Waals surface area contributed by atoms with Crippen molar-refractivity contribution in [2.24, 2.45) is 0 Å². The molecule has 0 aliphatic rings. The summed E-state index contributed by atoms with van der Waals surface area (Å²) in [6, 6.07) is 12.3. The van der Waals surface area contributed by atoms with Crippen molar-refractivity contribution in [2.75, 3.05) is 16.0 Å². The first-order chi connectivity index (χ1) is 10.4. The third kappa shape index (κ3) is 4.87. The van der Waals surface area contributed by atoms with E-state index in [0.29, 0.717) is 20.8 Å². The molecule has 114 valence electrons. The second-order valence-corrected chi connectivity index (χ2v) is 5.71. The topological polar surface area (TPSA) is 53.2 Å². The molecule has 0 heterocycles. The zero-order valence-electron chi connectivity index (χ0n) is 11.6. The smallest absolute Gasteiger partial charge is 0.221 e. The predicted octanol–water partition coefficient (Wildman–Crippen LogP) is 4.76. The SMILES string of the molecule is CC(=O)Nc1ccc(NC(=S)Nc2ccc(Cl)cc2Cl)cc1. The van der Waals surface area contributed by atoms with Crippen LogP contribution in [-0.2, 0) is 4.79 Å². The number of carbonyl (C=O) groups excluding carboxylic acids is 1. The van der Waals surface area contributed by atoms with Crippen molar-refractivity contribution in [3.63, 3.8) is 0 Å². The molecular weight excluding hydrogens is 341 g/mol. The van der Waals surface area contributed by atoms with E-state index in [4.69, 9.17) is 35.4 Å². The normalized spacial score (nSPS) is 9.95. The molecule has 0 aliphatic carbocycles. The molecule has 0 atom stereocenters. The van der Waals surface area contributed by atoms with E-state index in [2.05, 4.69) is 16.0 Å². The Morgan fingerprint density at radius 1 is 0.955 bits per heavy atom. The number of hydrogen-bond donors (Lipinski definition) is 3. The van der Waals surface area contributed by atoms with Crippen LogP contribution >= 0.6 is 35.4 Å². The van der Waals surface area contributed by atoms with Crippen molar-refractivity contribution in [1.82, 2.24) is 0 Å². The number of benzene rings is 2. The average molecular weight is 354 g/mol. The Bertz CT molecular complexity index is 704. The molecular formula is C15H13Cl2N3OS. The maximum absolute atomic E-state index is 11.0. The van der Waals surface area contributed by atoms with E-state index >= 15 is 0 Å². The van der Waals surface area contributed by atoms with Gasteiger partial charge in [0, 0.05) is 23.3 Å². The van der Waals surface area contributed by atoms with Gasteiger partial charge in [0.1, 0.15) is 0 Å². The van der Waals surface area contributed by atoms with Crippen molar-refractivity contribution >= 4 is 63.5 Å². The fourth-order valence-corrected chi connectivity index (χ4v) is 2.40. The number of amides is 1. The Labute approximate surface area is 143 Å². The number of thiocarbonyl (C=S) groups is 1. The maximum atomic E-state index is 11.0. The number of hydrogen-bond acceptors (Lipinski definition) is 2. The summed E-state index contributed by atoms with van der Waals surface area (Å²) < 4.78 is 0. The van der Waals surface area contributed by atoms with Crippen LogP contribution in [0.5, 0.6) is 0 Å². The maximum Gasteiger partial charge on any atom is 0.221 e. The number of nitrogens with one attached hydrogen (secondary N) is 3. The molecule has 0 aliphatic heterocycles. The highest BCUT2D eigenvalue weighted by molar-refractivity contribution is 7.80. The van der Waals surface area contributed by atoms with Crippen molar-refractivity contribution in [3.05, 3.63) is 52.5 Å². The van der Waals surface area contributed by atoms with Crippen LogP contribution in [0.3, 0.4) is 0 Å². The monoisotopic (exact) mass is 353 g/mol. The van der Waals surface area contributed by atoms with Crippen LogP contribution in [0.4, 0.5) is 17.1 Å². The zero-order chi connectivity index (χ0) is 16.1. The van der Waals surface area contributed by atoms with Crippen molar-refractivity contribution in [3.8, 4) is 0 Å². The van der Waals surface area contributed by atoms with E-state index in [1.165, 1.54) is 6.92 Å². The van der Waals surface area contributed by atoms with E-state index in [0.717, 1.165) is 11.4 Å². The number of halogens is 2. The number of carbonyl (C=O) groups is 1. The van der Waals surface area contributed by atoms with Gasteiger partial charge in [-0.3, -0.25) is 4.79 Å². The molecule has 2 rings (SSSR count). The average Bonchev–Trinajstić information content (AvgIpc) is 2.43. The van der Waals surface area contributed by atoms with Gasteiger partial charge < -0.3 is 16.0 Å². The lowest BCUT2D eigenvalue weighted by Crippen LogP contribution is -2.19. The second kappa shape index (κ2) is 7.45. The van der Waals surface area contributed by atoms with Crippen molar-refractivity contribution in [2.45, 2.75) is 6.92 Å². The van der Waals surface area contributed by atoms with Gasteiger partial charge >= 0.3 is 0 Å². The third-order valence-corrected chi connectivity index (χ3v) is 3.39. The van der Waals surface area contributed by atoms with Crippen LogP contribution in [0.15, 0.2) is 42.5 Å². The Kier molecular flexibility index (Phi) is 5.60. The highest BCUT2D eigenvalue weighted by Crippen LogP contribution is 2.25. The summed E-state index contributed by atoms with van der Waals surface area (Å²) in [6.07, 6.45) is 0. The number of rotatable bonds is 3. The van der Waals surface area contributed by atoms with E-state index < -0.39 is 0 Å². The first-order valence-corrected chi connectivity index (χ1v) is 7.51. The highest BCUT2D eigenvalue weighted by Gasteiger charge is 2.04. The molecule has 4 nitrogen and oxygen atoms in total. The van der Waals surface area contributed by atoms with Gasteiger partial charge in [-0.2, -0.15) is 0 Å². The van der Waals surface area contributed by atoms with E-state index in [1.807, 2.05) is 12.1 Å². The minimum Gasteiger partial charge on any atom is -0.332 e. The molecule has 0 radical (unpaired) electrons. The van der Waals surface area contributed by atoms with Gasteiger partial charge in [0.2, 0.25) is 5.91 Å². The summed E-state index contributed by atoms with van der Waals surface area (Å²) in [5, 5.41) is 10.2. The molecule has 0 spiro atoms. The molecule has 0 bridgehead atoms. The summed E-state index contributed by atoms with van der Waals surface area (Å²) in [4.78, 5) is 11.0. The molecule has 22 heavy (non-hydrogen) atoms. The molecule has 0 fully saturated rings. The Morgan fingerprint density at radius 2 is 1.55 bits per heavy atom. The van der Waals surface area contributed by atoms with E-state index in [-0.39, 0.29) is 5.91 Å². The van der Waals surface area contributed by atoms with E-state index in [9.17, 15) is 4.79 Å². The second-order valence-electron chi connectivity index (χ2n) is 4.46. The molecule has 0 saturated carbocycles. The summed E-state index contributed by atoms with van der Waals surface area (Å²) in [6.45, 7) is 1.46. The first kappa shape index (κ1) is 16.5. The van der Waals surface area contributed by atoms with Gasteiger partial charge in [0.25, 0.3) is 0 Å². The van der Waals surface area contributed by atoms with Gasteiger partial charge in [0.15, 0.2) is 5.11 Å². The molecule has 1 amide bonds. The van der Waals surface area contributed by atoms with Gasteiger partial charge in [-0.05, 0) is 54.7 Å². The number of anilines is 3. The fourth-order valence-electron chi connectivity index (χ4n) is 1.72. The van der Waals surface area contributed by atoms with Gasteiger partial charge in [-0.15, -0.1) is 0 Å². The minimum absolute atomic E-state index is 0.115. The van der Waals surface area contributed by atoms with Crippen LogP contribution in [0.25, 0.3) is 0 Å². The third-order valence-electron chi connectivity index (χ3n) is 2.64. The van der Waals surface area contributed by atoms with Crippen molar-refractivity contribution in [1.29, 1.82) is 0 Å². The Morgan fingerprint density at radius 3 is 2.09 bits per heavy atom. The molecule has 2 aromatic carbocycles. The molecule has 7 heteroatoms. The molecule has 0 unspecified atom stereocenters. The molecule has 2 aromatic rings. The molecule has 0 saturated heterocycles. The van der Waals surface area contributed by atoms with Gasteiger partial charge in [0.05, 0.1) is 10.7 Å². The fraction of sp³-hybridized carbons (Fsp3) is 0.0667. The zero-order valence-corrected chi connectivity index (χ0v) is 13.9. The van der Waals surface area contributed by atoms with Gasteiger partial charge in [-0.25, -0.2) is 0 Å². The summed E-state index contributed by atoms with van der Waals surface area (Å²) in [5.74, 6) is -0.115. The standard InChI is InChI=1S/C15H13Cl2N3OS/c1-9(21)18-11-3-5-12(6-4-11)19-15(22)20-14-7-2-10(16)8-13(14)17/h2-8H,1H3,(H,18,21)(H2,19,20,22). The van der Waals surface area contributed by atoms with E-state index in [1.54, 1.807) is 30.3 Å². The first-order valence-electron chi connectivity index (χ1n) is 6.35.